The predicted molar refractivity (Wildman–Crippen MR) is 102 cm³/mol. The number of hydrogen-bond acceptors (Lipinski definition) is 2. The summed E-state index contributed by atoms with van der Waals surface area (Å²) in [6, 6.07) is 20.4. The van der Waals surface area contributed by atoms with Crippen LogP contribution in [-0.4, -0.2) is 16.8 Å². The Balaban J connectivity index is 1.73. The molecule has 0 saturated carbocycles. The van der Waals surface area contributed by atoms with E-state index in [9.17, 15) is 9.59 Å². The third kappa shape index (κ3) is 2.63. The highest BCUT2D eigenvalue weighted by Crippen LogP contribution is 2.34. The van der Waals surface area contributed by atoms with Crippen LogP contribution >= 0.6 is 11.6 Å². The Morgan fingerprint density at radius 1 is 1.00 bits per heavy atom. The molecule has 0 unspecified atom stereocenters. The van der Waals surface area contributed by atoms with Crippen molar-refractivity contribution < 1.29 is 9.59 Å². The fourth-order valence-corrected chi connectivity index (χ4v) is 3.72. The quantitative estimate of drug-likeness (QED) is 0.697. The Hall–Kier alpha value is -2.85. The summed E-state index contributed by atoms with van der Waals surface area (Å²) in [5, 5.41) is 5.44. The van der Waals surface area contributed by atoms with Crippen LogP contribution in [0.4, 0.5) is 4.79 Å². The fourth-order valence-electron chi connectivity index (χ4n) is 3.50. The number of hydrogen-bond donors (Lipinski definition) is 1. The zero-order valence-corrected chi connectivity index (χ0v) is 15.0. The molecule has 3 aromatic rings. The van der Waals surface area contributed by atoms with Crippen LogP contribution < -0.4 is 5.32 Å². The van der Waals surface area contributed by atoms with Gasteiger partial charge in [0.25, 0.3) is 5.91 Å². The first-order valence-electron chi connectivity index (χ1n) is 8.36. The number of rotatable bonds is 3. The molecule has 3 amide bonds. The average Bonchev–Trinajstić information content (AvgIpc) is 2.85. The van der Waals surface area contributed by atoms with Gasteiger partial charge in [0.15, 0.2) is 0 Å². The number of imide groups is 1. The molecule has 5 heteroatoms. The van der Waals surface area contributed by atoms with Gasteiger partial charge in [-0.05, 0) is 41.0 Å². The van der Waals surface area contributed by atoms with E-state index in [4.69, 9.17) is 11.6 Å². The van der Waals surface area contributed by atoms with Crippen molar-refractivity contribution in [2.75, 3.05) is 0 Å². The molecule has 0 aromatic heterocycles. The number of carbonyl (C=O) groups excluding carboxylic acids is 2. The number of urea groups is 1. The molecule has 0 aliphatic carbocycles. The zero-order valence-electron chi connectivity index (χ0n) is 14.2. The lowest BCUT2D eigenvalue weighted by molar-refractivity contribution is -0.131. The van der Waals surface area contributed by atoms with Crippen molar-refractivity contribution in [3.05, 3.63) is 82.9 Å². The van der Waals surface area contributed by atoms with Gasteiger partial charge in [0, 0.05) is 5.02 Å². The normalized spacial score (nSPS) is 19.8. The van der Waals surface area contributed by atoms with E-state index in [1.165, 1.54) is 4.90 Å². The number of benzene rings is 3. The molecule has 1 saturated heterocycles. The third-order valence-electron chi connectivity index (χ3n) is 4.83. The van der Waals surface area contributed by atoms with E-state index in [1.54, 1.807) is 25.1 Å². The average molecular weight is 365 g/mol. The monoisotopic (exact) mass is 364 g/mol. The topological polar surface area (TPSA) is 49.4 Å². The Morgan fingerprint density at radius 2 is 1.73 bits per heavy atom. The molecule has 1 atom stereocenters. The van der Waals surface area contributed by atoms with Crippen LogP contribution in [0.15, 0.2) is 66.7 Å². The molecular formula is C21H17ClN2O2. The van der Waals surface area contributed by atoms with Gasteiger partial charge in [0.05, 0.1) is 6.54 Å². The number of fused-ring (bicyclic) bond motifs is 1. The van der Waals surface area contributed by atoms with Crippen LogP contribution in [0.3, 0.4) is 0 Å². The van der Waals surface area contributed by atoms with Crippen molar-refractivity contribution in [1.82, 2.24) is 10.2 Å². The lowest BCUT2D eigenvalue weighted by atomic mass is 9.88. The summed E-state index contributed by atoms with van der Waals surface area (Å²) in [6.45, 7) is 1.94. The van der Waals surface area contributed by atoms with Gasteiger partial charge in [-0.3, -0.25) is 9.69 Å². The third-order valence-corrected chi connectivity index (χ3v) is 5.07. The Labute approximate surface area is 156 Å². The summed E-state index contributed by atoms with van der Waals surface area (Å²) in [7, 11) is 0. The summed E-state index contributed by atoms with van der Waals surface area (Å²) >= 11 is 6.02. The summed E-state index contributed by atoms with van der Waals surface area (Å²) in [4.78, 5) is 27.0. The molecule has 1 N–H and O–H groups in total. The maximum absolute atomic E-state index is 13.2. The Morgan fingerprint density at radius 3 is 2.54 bits per heavy atom. The van der Waals surface area contributed by atoms with Crippen molar-refractivity contribution >= 4 is 34.3 Å². The Bertz CT molecular complexity index is 1030. The molecular weight excluding hydrogens is 348 g/mol. The van der Waals surface area contributed by atoms with Crippen molar-refractivity contribution in [3.8, 4) is 0 Å². The fraction of sp³-hybridized carbons (Fsp3) is 0.143. The van der Waals surface area contributed by atoms with Gasteiger partial charge in [-0.2, -0.15) is 0 Å². The molecule has 0 bridgehead atoms. The minimum absolute atomic E-state index is 0.186. The lowest BCUT2D eigenvalue weighted by Crippen LogP contribution is -2.41. The van der Waals surface area contributed by atoms with Gasteiger partial charge in [0.1, 0.15) is 5.54 Å². The summed E-state index contributed by atoms with van der Waals surface area (Å²) in [6.07, 6.45) is 0. The molecule has 1 aliphatic rings. The van der Waals surface area contributed by atoms with Gasteiger partial charge in [-0.15, -0.1) is 0 Å². The zero-order chi connectivity index (χ0) is 18.3. The highest BCUT2D eigenvalue weighted by Gasteiger charge is 2.49. The number of amides is 3. The molecule has 3 aromatic carbocycles. The molecule has 130 valence electrons. The first-order chi connectivity index (χ1) is 12.5. The Kier molecular flexibility index (Phi) is 3.93. The van der Waals surface area contributed by atoms with E-state index in [1.807, 2.05) is 48.5 Å². The number of carbonyl (C=O) groups is 2. The molecule has 0 radical (unpaired) electrons. The molecule has 0 spiro atoms. The van der Waals surface area contributed by atoms with Crippen LogP contribution in [0.25, 0.3) is 10.8 Å². The van der Waals surface area contributed by atoms with Crippen LogP contribution in [0, 0.1) is 0 Å². The summed E-state index contributed by atoms with van der Waals surface area (Å²) in [5.41, 5.74) is 0.502. The van der Waals surface area contributed by atoms with Crippen molar-refractivity contribution in [1.29, 1.82) is 0 Å². The van der Waals surface area contributed by atoms with E-state index in [-0.39, 0.29) is 12.5 Å². The van der Waals surface area contributed by atoms with Gasteiger partial charge in [-0.25, -0.2) is 4.79 Å². The standard InChI is InChI=1S/C21H17ClN2O2/c1-21(18-11-5-8-15-7-2-3-10-17(15)18)19(25)24(20(26)23-21)13-14-6-4-9-16(22)12-14/h2-12H,13H2,1H3,(H,23,26)/t21-/m1/s1. The lowest BCUT2D eigenvalue weighted by Gasteiger charge is -2.24. The number of halogens is 1. The predicted octanol–water partition coefficient (Wildman–Crippen LogP) is 4.46. The second-order valence-corrected chi connectivity index (χ2v) is 7.04. The molecule has 26 heavy (non-hydrogen) atoms. The van der Waals surface area contributed by atoms with E-state index in [0.717, 1.165) is 21.9 Å². The number of nitrogens with zero attached hydrogens (tertiary/aromatic N) is 1. The molecule has 1 heterocycles. The van der Waals surface area contributed by atoms with Crippen LogP contribution in [0.2, 0.25) is 5.02 Å². The van der Waals surface area contributed by atoms with Crippen LogP contribution in [-0.2, 0) is 16.9 Å². The molecule has 4 nitrogen and oxygen atoms in total. The first kappa shape index (κ1) is 16.6. The van der Waals surface area contributed by atoms with Gasteiger partial charge in [0.2, 0.25) is 0 Å². The number of nitrogens with one attached hydrogen (secondary N) is 1. The van der Waals surface area contributed by atoms with Gasteiger partial charge in [-0.1, -0.05) is 66.2 Å². The van der Waals surface area contributed by atoms with Crippen molar-refractivity contribution in [2.24, 2.45) is 0 Å². The second kappa shape index (κ2) is 6.15. The van der Waals surface area contributed by atoms with Gasteiger partial charge >= 0.3 is 6.03 Å². The maximum atomic E-state index is 13.2. The largest absolute Gasteiger partial charge is 0.325 e. The highest BCUT2D eigenvalue weighted by molar-refractivity contribution is 6.30. The summed E-state index contributed by atoms with van der Waals surface area (Å²) in [5.74, 6) is -0.265. The maximum Gasteiger partial charge on any atom is 0.325 e. The molecule has 1 aliphatic heterocycles. The van der Waals surface area contributed by atoms with Crippen LogP contribution in [0.5, 0.6) is 0 Å². The van der Waals surface area contributed by atoms with Crippen LogP contribution in [0.1, 0.15) is 18.1 Å². The van der Waals surface area contributed by atoms with E-state index < -0.39 is 11.6 Å². The van der Waals surface area contributed by atoms with E-state index in [0.29, 0.717) is 5.02 Å². The van der Waals surface area contributed by atoms with E-state index in [2.05, 4.69) is 5.32 Å². The minimum Gasteiger partial charge on any atom is -0.319 e. The highest BCUT2D eigenvalue weighted by atomic mass is 35.5. The van der Waals surface area contributed by atoms with Crippen molar-refractivity contribution in [2.45, 2.75) is 19.0 Å². The second-order valence-electron chi connectivity index (χ2n) is 6.60. The SMILES string of the molecule is C[C@]1(c2cccc3ccccc23)NC(=O)N(Cc2cccc(Cl)c2)C1=O. The minimum atomic E-state index is -1.10. The van der Waals surface area contributed by atoms with Gasteiger partial charge < -0.3 is 5.32 Å². The molecule has 4 rings (SSSR count). The first-order valence-corrected chi connectivity index (χ1v) is 8.73. The van der Waals surface area contributed by atoms with Crippen molar-refractivity contribution in [3.63, 3.8) is 0 Å². The summed E-state index contributed by atoms with van der Waals surface area (Å²) < 4.78 is 0. The smallest absolute Gasteiger partial charge is 0.319 e. The van der Waals surface area contributed by atoms with E-state index >= 15 is 0 Å². The molecule has 1 fully saturated rings.